The highest BCUT2D eigenvalue weighted by Crippen LogP contribution is 2.48. The summed E-state index contributed by atoms with van der Waals surface area (Å²) in [6.45, 7) is 0. The molecule has 0 aliphatic heterocycles. The highest BCUT2D eigenvalue weighted by molar-refractivity contribution is 7.27. The van der Waals surface area contributed by atoms with Crippen LogP contribution in [0.2, 0.25) is 0 Å². The topological polar surface area (TPSA) is 43.6 Å². The molecule has 4 heterocycles. The van der Waals surface area contributed by atoms with Crippen LogP contribution in [0.4, 0.5) is 0 Å². The number of benzene rings is 8. The lowest BCUT2D eigenvalue weighted by Crippen LogP contribution is -2.00. The second kappa shape index (κ2) is 11.9. The van der Waals surface area contributed by atoms with Crippen molar-refractivity contribution >= 4 is 95.6 Å². The minimum absolute atomic E-state index is 0.644. The zero-order valence-corrected chi connectivity index (χ0v) is 30.9. The predicted molar refractivity (Wildman–Crippen MR) is 234 cm³/mol. The van der Waals surface area contributed by atoms with Crippen molar-refractivity contribution in [2.75, 3.05) is 0 Å². The number of aromatic nitrogens is 4. The van der Waals surface area contributed by atoms with Gasteiger partial charge in [0.15, 0.2) is 17.5 Å². The zero-order chi connectivity index (χ0) is 36.0. The molecule has 0 unspecified atom stereocenters. The maximum Gasteiger partial charge on any atom is 0.164 e. The van der Waals surface area contributed by atoms with Crippen molar-refractivity contribution < 1.29 is 0 Å². The van der Waals surface area contributed by atoms with Crippen LogP contribution in [0.15, 0.2) is 170 Å². The van der Waals surface area contributed by atoms with Crippen LogP contribution in [-0.2, 0) is 0 Å². The Kier molecular flexibility index (Phi) is 6.64. The fourth-order valence-corrected chi connectivity index (χ4v) is 10.7. The largest absolute Gasteiger partial charge is 0.308 e. The van der Waals surface area contributed by atoms with Crippen molar-refractivity contribution in [2.24, 2.45) is 0 Å². The van der Waals surface area contributed by atoms with E-state index in [4.69, 9.17) is 15.0 Å². The Labute approximate surface area is 323 Å². The molecule has 8 aromatic carbocycles. The Morgan fingerprint density at radius 2 is 0.891 bits per heavy atom. The number of hydrogen-bond donors (Lipinski definition) is 0. The predicted octanol–water partition coefficient (Wildman–Crippen LogP) is 13.9. The van der Waals surface area contributed by atoms with Crippen LogP contribution in [0.5, 0.6) is 0 Å². The van der Waals surface area contributed by atoms with Crippen molar-refractivity contribution in [1.82, 2.24) is 19.5 Å². The lowest BCUT2D eigenvalue weighted by atomic mass is 9.99. The van der Waals surface area contributed by atoms with Gasteiger partial charge in [-0.1, -0.05) is 109 Å². The summed E-state index contributed by atoms with van der Waals surface area (Å²) in [6.07, 6.45) is 0. The van der Waals surface area contributed by atoms with Gasteiger partial charge >= 0.3 is 0 Å². The maximum atomic E-state index is 5.14. The first-order valence-corrected chi connectivity index (χ1v) is 20.0. The normalized spacial score (nSPS) is 12.0. The Hall–Kier alpha value is -6.73. The Bertz CT molecular complexity index is 3490. The number of fused-ring (bicyclic) bond motifs is 13. The first-order chi connectivity index (χ1) is 27.3. The van der Waals surface area contributed by atoms with Crippen molar-refractivity contribution in [1.29, 1.82) is 0 Å². The molecule has 0 bridgehead atoms. The monoisotopic (exact) mass is 736 g/mol. The molecule has 0 N–H and O–H groups in total. The summed E-state index contributed by atoms with van der Waals surface area (Å²) >= 11 is 3.70. The first kappa shape index (κ1) is 30.7. The molecule has 256 valence electrons. The van der Waals surface area contributed by atoms with Crippen LogP contribution in [0.3, 0.4) is 0 Å². The van der Waals surface area contributed by atoms with Crippen molar-refractivity contribution in [2.45, 2.75) is 0 Å². The minimum Gasteiger partial charge on any atom is -0.308 e. The van der Waals surface area contributed by atoms with Crippen LogP contribution >= 0.6 is 22.7 Å². The molecular weight excluding hydrogens is 709 g/mol. The van der Waals surface area contributed by atoms with Gasteiger partial charge in [0, 0.05) is 68.8 Å². The molecule has 0 radical (unpaired) electrons. The molecule has 0 aliphatic carbocycles. The van der Waals surface area contributed by atoms with Gasteiger partial charge < -0.3 is 4.57 Å². The van der Waals surface area contributed by atoms with Crippen LogP contribution in [0.1, 0.15) is 0 Å². The highest BCUT2D eigenvalue weighted by Gasteiger charge is 2.22. The number of para-hydroxylation sites is 1. The number of nitrogens with zero attached hydrogens (tertiary/aromatic N) is 4. The fourth-order valence-electron chi connectivity index (χ4n) is 8.37. The van der Waals surface area contributed by atoms with Crippen molar-refractivity contribution in [3.8, 4) is 39.9 Å². The van der Waals surface area contributed by atoms with Gasteiger partial charge in [0.05, 0.1) is 15.7 Å². The summed E-state index contributed by atoms with van der Waals surface area (Å²) in [5, 5.41) is 10.2. The average Bonchev–Trinajstić information content (AvgIpc) is 3.94. The van der Waals surface area contributed by atoms with Gasteiger partial charge in [-0.25, -0.2) is 15.0 Å². The summed E-state index contributed by atoms with van der Waals surface area (Å²) in [4.78, 5) is 15.3. The van der Waals surface area contributed by atoms with Crippen LogP contribution in [0, 0.1) is 0 Å². The second-order valence-corrected chi connectivity index (χ2v) is 16.1. The van der Waals surface area contributed by atoms with Gasteiger partial charge in [-0.2, -0.15) is 0 Å². The van der Waals surface area contributed by atoms with E-state index in [1.54, 1.807) is 0 Å². The highest BCUT2D eigenvalue weighted by atomic mass is 32.1. The maximum absolute atomic E-state index is 5.14. The van der Waals surface area contributed by atoms with Crippen LogP contribution < -0.4 is 0 Å². The van der Waals surface area contributed by atoms with Gasteiger partial charge in [-0.3, -0.25) is 0 Å². The van der Waals surface area contributed by atoms with Crippen molar-refractivity contribution in [3.63, 3.8) is 0 Å². The molecule has 0 amide bonds. The quantitative estimate of drug-likeness (QED) is 0.181. The van der Waals surface area contributed by atoms with Crippen LogP contribution in [0.25, 0.3) is 113 Å². The molecule has 0 saturated carbocycles. The third-order valence-electron chi connectivity index (χ3n) is 10.8. The van der Waals surface area contributed by atoms with E-state index in [9.17, 15) is 0 Å². The minimum atomic E-state index is 0.644. The van der Waals surface area contributed by atoms with E-state index >= 15 is 0 Å². The molecule has 12 aromatic rings. The molecule has 0 spiro atoms. The average molecular weight is 737 g/mol. The molecular formula is C49H28N4S2. The van der Waals surface area contributed by atoms with E-state index in [2.05, 4.69) is 156 Å². The van der Waals surface area contributed by atoms with E-state index in [1.807, 2.05) is 40.9 Å². The van der Waals surface area contributed by atoms with E-state index in [0.29, 0.717) is 17.5 Å². The molecule has 12 rings (SSSR count). The van der Waals surface area contributed by atoms with E-state index in [0.717, 1.165) is 22.4 Å². The van der Waals surface area contributed by atoms with Gasteiger partial charge in [0.1, 0.15) is 0 Å². The first-order valence-electron chi connectivity index (χ1n) is 18.4. The summed E-state index contributed by atoms with van der Waals surface area (Å²) < 4.78 is 7.59. The Morgan fingerprint density at radius 3 is 1.64 bits per heavy atom. The molecule has 4 nitrogen and oxygen atoms in total. The molecule has 0 atom stereocenters. The Balaban J connectivity index is 1.06. The van der Waals surface area contributed by atoms with Crippen LogP contribution in [-0.4, -0.2) is 19.5 Å². The lowest BCUT2D eigenvalue weighted by Gasteiger charge is -2.12. The summed E-state index contributed by atoms with van der Waals surface area (Å²) in [6, 6.07) is 60.6. The number of thiophene rings is 2. The third kappa shape index (κ3) is 4.65. The molecule has 55 heavy (non-hydrogen) atoms. The molecule has 0 fully saturated rings. The van der Waals surface area contributed by atoms with E-state index < -0.39 is 0 Å². The summed E-state index contributed by atoms with van der Waals surface area (Å²) in [5.74, 6) is 1.96. The zero-order valence-electron chi connectivity index (χ0n) is 29.3. The van der Waals surface area contributed by atoms with Gasteiger partial charge in [-0.05, 0) is 71.4 Å². The molecule has 0 aliphatic rings. The second-order valence-electron chi connectivity index (χ2n) is 14.0. The van der Waals surface area contributed by atoms with Gasteiger partial charge in [-0.15, -0.1) is 22.7 Å². The summed E-state index contributed by atoms with van der Waals surface area (Å²) in [7, 11) is 0. The van der Waals surface area contributed by atoms with Gasteiger partial charge in [0.2, 0.25) is 0 Å². The molecule has 6 heteroatoms. The Morgan fingerprint density at radius 1 is 0.364 bits per heavy atom. The SMILES string of the molecule is c1ccc(-c2nc(-c3ccc(-n4c5ccccc5c5c6ccccc6c6c7ccccc7sc6c54)cc3)nc(-c3ccc4sc5ccccc5c4c3)n2)cc1. The molecule has 4 aromatic heterocycles. The van der Waals surface area contributed by atoms with E-state index in [-0.39, 0.29) is 0 Å². The lowest BCUT2D eigenvalue weighted by molar-refractivity contribution is 1.07. The number of hydrogen-bond acceptors (Lipinski definition) is 5. The fraction of sp³-hybridized carbons (Fsp3) is 0. The van der Waals surface area contributed by atoms with Gasteiger partial charge in [0.25, 0.3) is 0 Å². The molecule has 0 saturated heterocycles. The number of rotatable bonds is 4. The van der Waals surface area contributed by atoms with Crippen molar-refractivity contribution in [3.05, 3.63) is 170 Å². The standard InChI is InChI=1S/C49H28N4S2/c1-2-12-29(13-3-1)47-50-48(52-49(51-47)31-24-27-42-38(28-31)33-14-7-10-20-40(33)54-42)30-22-25-32(26-23-30)53-39-19-9-6-17-36(39)43-34-15-4-5-16-35(34)44-37-18-8-11-21-41(37)55-46(44)45(43)53/h1-28H. The van der Waals surface area contributed by atoms with E-state index in [1.165, 1.54) is 72.9 Å². The smallest absolute Gasteiger partial charge is 0.164 e. The summed E-state index contributed by atoms with van der Waals surface area (Å²) in [5.41, 5.74) is 6.38. The third-order valence-corrected chi connectivity index (χ3v) is 13.2.